The lowest BCUT2D eigenvalue weighted by Gasteiger charge is -2.37. The molecule has 0 saturated heterocycles. The number of Topliss-reactive ketones (excluding diaryl/α,β-unsaturated/α-hetero) is 1. The SMILES string of the molecule is NC1(CC(=O)c2cccc3c2OCC3)CCC1. The molecule has 0 amide bonds. The van der Waals surface area contributed by atoms with Gasteiger partial charge in [-0.05, 0) is 30.9 Å². The Bertz CT molecular complexity index is 463. The normalized spacial score (nSPS) is 20.3. The highest BCUT2D eigenvalue weighted by Crippen LogP contribution is 2.36. The zero-order valence-corrected chi connectivity index (χ0v) is 9.87. The summed E-state index contributed by atoms with van der Waals surface area (Å²) in [5.41, 5.74) is 7.74. The van der Waals surface area contributed by atoms with Crippen LogP contribution in [0.25, 0.3) is 0 Å². The second-order valence-corrected chi connectivity index (χ2v) is 5.21. The van der Waals surface area contributed by atoms with Crippen molar-refractivity contribution in [3.8, 4) is 5.75 Å². The molecule has 3 heteroatoms. The molecule has 1 aliphatic carbocycles. The van der Waals surface area contributed by atoms with Crippen molar-refractivity contribution in [3.05, 3.63) is 29.3 Å². The van der Waals surface area contributed by atoms with Gasteiger partial charge in [0.05, 0.1) is 12.2 Å². The predicted molar refractivity (Wildman–Crippen MR) is 65.4 cm³/mol. The molecule has 17 heavy (non-hydrogen) atoms. The molecule has 90 valence electrons. The lowest BCUT2D eigenvalue weighted by atomic mass is 9.73. The number of rotatable bonds is 3. The first-order valence-corrected chi connectivity index (χ1v) is 6.25. The van der Waals surface area contributed by atoms with Gasteiger partial charge in [0.2, 0.25) is 0 Å². The molecule has 0 spiro atoms. The first kappa shape index (κ1) is 10.8. The Balaban J connectivity index is 1.84. The van der Waals surface area contributed by atoms with Crippen LogP contribution in [0, 0.1) is 0 Å². The number of benzene rings is 1. The Morgan fingerprint density at radius 2 is 2.24 bits per heavy atom. The third kappa shape index (κ3) is 1.84. The molecule has 0 radical (unpaired) electrons. The molecule has 2 N–H and O–H groups in total. The fourth-order valence-corrected chi connectivity index (χ4v) is 2.66. The zero-order chi connectivity index (χ0) is 11.9. The molecular formula is C14H17NO2. The summed E-state index contributed by atoms with van der Waals surface area (Å²) in [5.74, 6) is 0.923. The minimum Gasteiger partial charge on any atom is -0.492 e. The Labute approximate surface area is 101 Å². The smallest absolute Gasteiger partial charge is 0.168 e. The largest absolute Gasteiger partial charge is 0.492 e. The van der Waals surface area contributed by atoms with Crippen LogP contribution in [0.15, 0.2) is 18.2 Å². The van der Waals surface area contributed by atoms with Crippen molar-refractivity contribution in [2.45, 2.75) is 37.6 Å². The fraction of sp³-hybridized carbons (Fsp3) is 0.500. The van der Waals surface area contributed by atoms with Gasteiger partial charge in [0, 0.05) is 18.4 Å². The molecule has 0 bridgehead atoms. The van der Waals surface area contributed by atoms with E-state index >= 15 is 0 Å². The van der Waals surface area contributed by atoms with Crippen molar-refractivity contribution in [1.82, 2.24) is 0 Å². The first-order chi connectivity index (χ1) is 8.18. The highest BCUT2D eigenvalue weighted by Gasteiger charge is 2.35. The number of ketones is 1. The van der Waals surface area contributed by atoms with Gasteiger partial charge in [0.25, 0.3) is 0 Å². The number of para-hydroxylation sites is 1. The van der Waals surface area contributed by atoms with Crippen LogP contribution in [0.5, 0.6) is 5.75 Å². The number of carbonyl (C=O) groups excluding carboxylic acids is 1. The van der Waals surface area contributed by atoms with Crippen molar-refractivity contribution in [1.29, 1.82) is 0 Å². The molecule has 0 aromatic heterocycles. The van der Waals surface area contributed by atoms with Crippen LogP contribution in [0.2, 0.25) is 0 Å². The van der Waals surface area contributed by atoms with E-state index in [1.54, 1.807) is 0 Å². The highest BCUT2D eigenvalue weighted by molar-refractivity contribution is 6.00. The summed E-state index contributed by atoms with van der Waals surface area (Å²) in [4.78, 5) is 12.3. The monoisotopic (exact) mass is 231 g/mol. The maximum absolute atomic E-state index is 12.3. The van der Waals surface area contributed by atoms with Crippen molar-refractivity contribution in [2.75, 3.05) is 6.61 Å². The average Bonchev–Trinajstić information content (AvgIpc) is 2.74. The summed E-state index contributed by atoms with van der Waals surface area (Å²) in [6.45, 7) is 0.688. The summed E-state index contributed by atoms with van der Waals surface area (Å²) in [5, 5.41) is 0. The predicted octanol–water partition coefficient (Wildman–Crippen LogP) is 2.08. The second kappa shape index (κ2) is 3.84. The molecule has 2 aliphatic rings. The molecular weight excluding hydrogens is 214 g/mol. The molecule has 3 rings (SSSR count). The van der Waals surface area contributed by atoms with Gasteiger partial charge in [-0.1, -0.05) is 12.1 Å². The summed E-state index contributed by atoms with van der Waals surface area (Å²) < 4.78 is 5.56. The van der Waals surface area contributed by atoms with Crippen LogP contribution in [0.4, 0.5) is 0 Å². The van der Waals surface area contributed by atoms with E-state index in [1.165, 1.54) is 0 Å². The summed E-state index contributed by atoms with van der Waals surface area (Å²) in [6, 6.07) is 5.82. The molecule has 1 aromatic carbocycles. The quantitative estimate of drug-likeness (QED) is 0.810. The van der Waals surface area contributed by atoms with Crippen molar-refractivity contribution in [2.24, 2.45) is 5.73 Å². The van der Waals surface area contributed by atoms with Crippen molar-refractivity contribution < 1.29 is 9.53 Å². The molecule has 1 aliphatic heterocycles. The van der Waals surface area contributed by atoms with Crippen LogP contribution in [-0.4, -0.2) is 17.9 Å². The molecule has 1 saturated carbocycles. The van der Waals surface area contributed by atoms with E-state index in [4.69, 9.17) is 10.5 Å². The fourth-order valence-electron chi connectivity index (χ4n) is 2.66. The maximum Gasteiger partial charge on any atom is 0.168 e. The van der Waals surface area contributed by atoms with E-state index in [9.17, 15) is 4.79 Å². The van der Waals surface area contributed by atoms with Crippen LogP contribution >= 0.6 is 0 Å². The summed E-state index contributed by atoms with van der Waals surface area (Å²) in [6.07, 6.45) is 4.44. The van der Waals surface area contributed by atoms with Crippen LogP contribution in [0.3, 0.4) is 0 Å². The van der Waals surface area contributed by atoms with Crippen LogP contribution in [0.1, 0.15) is 41.6 Å². The molecule has 1 fully saturated rings. The van der Waals surface area contributed by atoms with E-state index in [1.807, 2.05) is 18.2 Å². The molecule has 3 nitrogen and oxygen atoms in total. The van der Waals surface area contributed by atoms with Gasteiger partial charge in [-0.25, -0.2) is 0 Å². The third-order valence-electron chi connectivity index (χ3n) is 3.88. The van der Waals surface area contributed by atoms with Crippen LogP contribution < -0.4 is 10.5 Å². The number of fused-ring (bicyclic) bond motifs is 1. The Morgan fingerprint density at radius 1 is 1.41 bits per heavy atom. The number of hydrogen-bond donors (Lipinski definition) is 1. The van der Waals surface area contributed by atoms with Gasteiger partial charge < -0.3 is 10.5 Å². The number of ether oxygens (including phenoxy) is 1. The minimum atomic E-state index is -0.252. The Hall–Kier alpha value is -1.35. The van der Waals surface area contributed by atoms with E-state index in [-0.39, 0.29) is 11.3 Å². The first-order valence-electron chi connectivity index (χ1n) is 6.25. The van der Waals surface area contributed by atoms with Gasteiger partial charge in [-0.3, -0.25) is 4.79 Å². The lowest BCUT2D eigenvalue weighted by Crippen LogP contribution is -2.48. The number of hydrogen-bond acceptors (Lipinski definition) is 3. The Kier molecular flexibility index (Phi) is 2.44. The highest BCUT2D eigenvalue weighted by atomic mass is 16.5. The van der Waals surface area contributed by atoms with Gasteiger partial charge in [-0.15, -0.1) is 0 Å². The van der Waals surface area contributed by atoms with Gasteiger partial charge >= 0.3 is 0 Å². The van der Waals surface area contributed by atoms with Crippen LogP contribution in [-0.2, 0) is 6.42 Å². The number of carbonyl (C=O) groups is 1. The maximum atomic E-state index is 12.3. The van der Waals surface area contributed by atoms with Crippen molar-refractivity contribution >= 4 is 5.78 Å². The summed E-state index contributed by atoms with van der Waals surface area (Å²) in [7, 11) is 0. The summed E-state index contributed by atoms with van der Waals surface area (Å²) >= 11 is 0. The molecule has 0 unspecified atom stereocenters. The standard InChI is InChI=1S/C14H17NO2/c15-14(6-2-7-14)9-12(16)11-4-1-3-10-5-8-17-13(10)11/h1,3-4H,2,5-9,15H2. The van der Waals surface area contributed by atoms with E-state index < -0.39 is 0 Å². The van der Waals surface area contributed by atoms with Crippen molar-refractivity contribution in [3.63, 3.8) is 0 Å². The molecule has 1 heterocycles. The third-order valence-corrected chi connectivity index (χ3v) is 3.88. The Morgan fingerprint density at radius 3 is 2.94 bits per heavy atom. The van der Waals surface area contributed by atoms with Gasteiger partial charge in [0.15, 0.2) is 5.78 Å². The van der Waals surface area contributed by atoms with Gasteiger partial charge in [-0.2, -0.15) is 0 Å². The topological polar surface area (TPSA) is 52.3 Å². The zero-order valence-electron chi connectivity index (χ0n) is 9.87. The lowest BCUT2D eigenvalue weighted by molar-refractivity contribution is 0.0909. The minimum absolute atomic E-state index is 0.131. The molecule has 1 aromatic rings. The van der Waals surface area contributed by atoms with E-state index in [0.717, 1.165) is 42.6 Å². The molecule has 0 atom stereocenters. The van der Waals surface area contributed by atoms with E-state index in [0.29, 0.717) is 13.0 Å². The average molecular weight is 231 g/mol. The van der Waals surface area contributed by atoms with E-state index in [2.05, 4.69) is 0 Å². The number of nitrogens with two attached hydrogens (primary N) is 1. The van der Waals surface area contributed by atoms with Gasteiger partial charge in [0.1, 0.15) is 5.75 Å². The second-order valence-electron chi connectivity index (χ2n) is 5.21.